The van der Waals surface area contributed by atoms with Gasteiger partial charge in [-0.05, 0) is 6.42 Å². The van der Waals surface area contributed by atoms with Crippen molar-refractivity contribution in [1.82, 2.24) is 9.55 Å². The third-order valence-corrected chi connectivity index (χ3v) is 3.20. The first kappa shape index (κ1) is 15.0. The standard InChI is InChI=1S/C14H27N3O/c1-6-7-8-17-13(15)12(11(4)9-18-5)16-14(17)10(2)3/h10-11H,6-9,15H2,1-5H3. The van der Waals surface area contributed by atoms with Crippen LogP contribution in [0.4, 0.5) is 5.82 Å². The molecule has 0 amide bonds. The molecule has 18 heavy (non-hydrogen) atoms. The number of nitrogens with two attached hydrogens (primary N) is 1. The number of aromatic nitrogens is 2. The van der Waals surface area contributed by atoms with E-state index in [9.17, 15) is 0 Å². The second-order valence-electron chi connectivity index (χ2n) is 5.26. The van der Waals surface area contributed by atoms with E-state index in [1.807, 2.05) is 0 Å². The van der Waals surface area contributed by atoms with E-state index in [1.165, 1.54) is 0 Å². The highest BCUT2D eigenvalue weighted by Gasteiger charge is 2.20. The molecule has 0 saturated carbocycles. The molecule has 1 aromatic heterocycles. The average molecular weight is 253 g/mol. The van der Waals surface area contributed by atoms with Crippen LogP contribution in [0, 0.1) is 0 Å². The molecule has 1 unspecified atom stereocenters. The number of anilines is 1. The van der Waals surface area contributed by atoms with Gasteiger partial charge in [-0.25, -0.2) is 4.98 Å². The van der Waals surface area contributed by atoms with E-state index in [4.69, 9.17) is 15.5 Å². The number of hydrogen-bond donors (Lipinski definition) is 1. The lowest BCUT2D eigenvalue weighted by molar-refractivity contribution is 0.183. The van der Waals surface area contributed by atoms with E-state index in [-0.39, 0.29) is 5.92 Å². The van der Waals surface area contributed by atoms with Crippen molar-refractivity contribution in [1.29, 1.82) is 0 Å². The Labute approximate surface area is 111 Å². The Morgan fingerprint density at radius 3 is 2.50 bits per heavy atom. The molecule has 0 aliphatic rings. The molecule has 0 radical (unpaired) electrons. The second-order valence-corrected chi connectivity index (χ2v) is 5.26. The molecule has 1 rings (SSSR count). The summed E-state index contributed by atoms with van der Waals surface area (Å²) in [6.07, 6.45) is 2.30. The first-order valence-corrected chi connectivity index (χ1v) is 6.87. The van der Waals surface area contributed by atoms with Gasteiger partial charge in [-0.3, -0.25) is 0 Å². The van der Waals surface area contributed by atoms with Crippen LogP contribution in [0.25, 0.3) is 0 Å². The van der Waals surface area contributed by atoms with Crippen molar-refractivity contribution in [3.63, 3.8) is 0 Å². The zero-order valence-corrected chi connectivity index (χ0v) is 12.4. The second kappa shape index (κ2) is 6.78. The summed E-state index contributed by atoms with van der Waals surface area (Å²) in [6.45, 7) is 10.2. The summed E-state index contributed by atoms with van der Waals surface area (Å²) < 4.78 is 7.38. The predicted molar refractivity (Wildman–Crippen MR) is 75.9 cm³/mol. The van der Waals surface area contributed by atoms with E-state index < -0.39 is 0 Å². The minimum absolute atomic E-state index is 0.246. The highest BCUT2D eigenvalue weighted by Crippen LogP contribution is 2.27. The SMILES string of the molecule is CCCCn1c(C(C)C)nc(C(C)COC)c1N. The number of methoxy groups -OCH3 is 1. The maximum atomic E-state index is 6.26. The van der Waals surface area contributed by atoms with Gasteiger partial charge in [0.1, 0.15) is 11.6 Å². The Hall–Kier alpha value is -1.03. The van der Waals surface area contributed by atoms with Gasteiger partial charge in [0, 0.05) is 25.5 Å². The van der Waals surface area contributed by atoms with E-state index in [2.05, 4.69) is 32.3 Å². The minimum Gasteiger partial charge on any atom is -0.384 e. The fourth-order valence-electron chi connectivity index (χ4n) is 2.19. The van der Waals surface area contributed by atoms with Crippen LogP contribution in [0.15, 0.2) is 0 Å². The summed E-state index contributed by atoms with van der Waals surface area (Å²) in [4.78, 5) is 4.74. The number of rotatable bonds is 7. The Morgan fingerprint density at radius 2 is 2.00 bits per heavy atom. The van der Waals surface area contributed by atoms with Crippen molar-refractivity contribution in [3.8, 4) is 0 Å². The average Bonchev–Trinajstić information content (AvgIpc) is 2.64. The molecule has 2 N–H and O–H groups in total. The third-order valence-electron chi connectivity index (χ3n) is 3.20. The van der Waals surface area contributed by atoms with Crippen molar-refractivity contribution < 1.29 is 4.74 Å². The minimum atomic E-state index is 0.246. The number of imidazole rings is 1. The number of nitrogens with zero attached hydrogens (tertiary/aromatic N) is 2. The van der Waals surface area contributed by atoms with Gasteiger partial charge in [0.2, 0.25) is 0 Å². The first-order valence-electron chi connectivity index (χ1n) is 6.87. The summed E-state index contributed by atoms with van der Waals surface area (Å²) >= 11 is 0. The molecule has 4 heteroatoms. The number of unbranched alkanes of at least 4 members (excludes halogenated alkanes) is 1. The highest BCUT2D eigenvalue weighted by atomic mass is 16.5. The summed E-state index contributed by atoms with van der Waals surface area (Å²) in [5.41, 5.74) is 7.24. The van der Waals surface area contributed by atoms with Gasteiger partial charge in [0.15, 0.2) is 0 Å². The Kier molecular flexibility index (Phi) is 5.66. The van der Waals surface area contributed by atoms with Crippen LogP contribution in [0.3, 0.4) is 0 Å². The monoisotopic (exact) mass is 253 g/mol. The molecule has 104 valence electrons. The van der Waals surface area contributed by atoms with Crippen LogP contribution in [-0.2, 0) is 11.3 Å². The summed E-state index contributed by atoms with van der Waals surface area (Å²) in [5.74, 6) is 2.55. The lowest BCUT2D eigenvalue weighted by Crippen LogP contribution is -2.09. The van der Waals surface area contributed by atoms with Gasteiger partial charge in [0.25, 0.3) is 0 Å². The van der Waals surface area contributed by atoms with Crippen molar-refractivity contribution in [2.45, 2.75) is 58.9 Å². The van der Waals surface area contributed by atoms with Crippen LogP contribution < -0.4 is 5.73 Å². The van der Waals surface area contributed by atoms with E-state index >= 15 is 0 Å². The molecule has 0 saturated heterocycles. The van der Waals surface area contributed by atoms with Crippen LogP contribution in [0.5, 0.6) is 0 Å². The Balaban J connectivity index is 3.06. The smallest absolute Gasteiger partial charge is 0.127 e. The molecule has 0 aliphatic carbocycles. The molecule has 1 atom stereocenters. The van der Waals surface area contributed by atoms with Crippen molar-refractivity contribution in [2.75, 3.05) is 19.5 Å². The molecule has 0 aliphatic heterocycles. The number of hydrogen-bond acceptors (Lipinski definition) is 3. The van der Waals surface area contributed by atoms with Crippen molar-refractivity contribution in [2.24, 2.45) is 0 Å². The molecule has 0 aromatic carbocycles. The molecule has 1 aromatic rings. The maximum Gasteiger partial charge on any atom is 0.127 e. The topological polar surface area (TPSA) is 53.1 Å². The first-order chi connectivity index (χ1) is 8.52. The van der Waals surface area contributed by atoms with Gasteiger partial charge in [0.05, 0.1) is 12.3 Å². The van der Waals surface area contributed by atoms with Crippen LogP contribution >= 0.6 is 0 Å². The van der Waals surface area contributed by atoms with Gasteiger partial charge >= 0.3 is 0 Å². The summed E-state index contributed by atoms with van der Waals surface area (Å²) in [6, 6.07) is 0. The molecule has 1 heterocycles. The lowest BCUT2D eigenvalue weighted by atomic mass is 10.1. The van der Waals surface area contributed by atoms with E-state index in [0.29, 0.717) is 12.5 Å². The molecule has 0 fully saturated rings. The maximum absolute atomic E-state index is 6.26. The van der Waals surface area contributed by atoms with Gasteiger partial charge in [-0.2, -0.15) is 0 Å². The zero-order chi connectivity index (χ0) is 13.7. The summed E-state index contributed by atoms with van der Waals surface area (Å²) in [5, 5.41) is 0. The van der Waals surface area contributed by atoms with Gasteiger partial charge in [-0.15, -0.1) is 0 Å². The normalized spacial score (nSPS) is 13.2. The predicted octanol–water partition coefficient (Wildman–Crippen LogP) is 3.14. The number of ether oxygens (including phenoxy) is 1. The fraction of sp³-hybridized carbons (Fsp3) is 0.786. The van der Waals surface area contributed by atoms with Crippen LogP contribution in [-0.4, -0.2) is 23.3 Å². The zero-order valence-electron chi connectivity index (χ0n) is 12.4. The van der Waals surface area contributed by atoms with E-state index in [1.54, 1.807) is 7.11 Å². The van der Waals surface area contributed by atoms with Crippen LogP contribution in [0.2, 0.25) is 0 Å². The molecule has 0 bridgehead atoms. The van der Waals surface area contributed by atoms with Gasteiger partial charge < -0.3 is 15.0 Å². The lowest BCUT2D eigenvalue weighted by Gasteiger charge is -2.11. The Bertz CT molecular complexity index is 371. The van der Waals surface area contributed by atoms with Crippen LogP contribution in [0.1, 0.15) is 63.9 Å². The quantitative estimate of drug-likeness (QED) is 0.812. The Morgan fingerprint density at radius 1 is 1.33 bits per heavy atom. The molecular weight excluding hydrogens is 226 g/mol. The summed E-state index contributed by atoms with van der Waals surface area (Å²) in [7, 11) is 1.71. The van der Waals surface area contributed by atoms with E-state index in [0.717, 1.165) is 36.7 Å². The molecule has 4 nitrogen and oxygen atoms in total. The van der Waals surface area contributed by atoms with Crippen molar-refractivity contribution in [3.05, 3.63) is 11.5 Å². The molecular formula is C14H27N3O. The largest absolute Gasteiger partial charge is 0.384 e. The third kappa shape index (κ3) is 3.25. The fourth-order valence-corrected chi connectivity index (χ4v) is 2.19. The molecule has 0 spiro atoms. The number of nitrogen functional groups attached to an aromatic ring is 1. The van der Waals surface area contributed by atoms with Gasteiger partial charge in [-0.1, -0.05) is 34.1 Å². The van der Waals surface area contributed by atoms with Crippen molar-refractivity contribution >= 4 is 5.82 Å². The highest BCUT2D eigenvalue weighted by molar-refractivity contribution is 5.41.